The van der Waals surface area contributed by atoms with Gasteiger partial charge in [0, 0.05) is 6.07 Å². The maximum Gasteiger partial charge on any atom is 0.335 e. The predicted molar refractivity (Wildman–Crippen MR) is 69.6 cm³/mol. The Hall–Kier alpha value is -2.70. The Morgan fingerprint density at radius 3 is 2.24 bits per heavy atom. The summed E-state index contributed by atoms with van der Waals surface area (Å²) in [5, 5.41) is 10.9. The van der Waals surface area contributed by atoms with Crippen molar-refractivity contribution in [2.24, 2.45) is 0 Å². The summed E-state index contributed by atoms with van der Waals surface area (Å²) in [4.78, 5) is 10.7. The molecule has 2 N–H and O–H groups in total. The minimum Gasteiger partial charge on any atom is -0.497 e. The molecule has 0 radical (unpaired) electrons. The van der Waals surface area contributed by atoms with Gasteiger partial charge in [-0.05, 0) is 24.3 Å². The van der Waals surface area contributed by atoms with Crippen LogP contribution >= 0.6 is 0 Å². The molecule has 0 aliphatic rings. The summed E-state index contributed by atoms with van der Waals surface area (Å²) in [6.07, 6.45) is 0. The lowest BCUT2D eigenvalue weighted by Gasteiger charge is -2.11. The molecule has 0 saturated carbocycles. The number of halogens is 3. The fraction of sp³-hybridized carbons (Fsp3) is 0.0714. The van der Waals surface area contributed by atoms with Crippen LogP contribution in [0.1, 0.15) is 10.4 Å². The van der Waals surface area contributed by atoms with Crippen LogP contribution in [0.3, 0.4) is 0 Å². The summed E-state index contributed by atoms with van der Waals surface area (Å²) in [6.45, 7) is 0. The van der Waals surface area contributed by atoms with E-state index in [0.29, 0.717) is 17.9 Å². The average Bonchev–Trinajstić information content (AvgIpc) is 2.44. The molecule has 0 atom stereocenters. The fourth-order valence-corrected chi connectivity index (χ4v) is 1.68. The van der Waals surface area contributed by atoms with E-state index in [1.165, 1.54) is 19.2 Å². The zero-order valence-electron chi connectivity index (χ0n) is 10.8. The predicted octanol–water partition coefficient (Wildman–Crippen LogP) is 3.55. The number of aromatic carboxylic acids is 1. The number of carbonyl (C=O) groups is 1. The number of hydrogen-bond acceptors (Lipinski definition) is 3. The first kappa shape index (κ1) is 14.7. The van der Waals surface area contributed by atoms with Gasteiger partial charge in [0.2, 0.25) is 0 Å². The first-order valence-corrected chi connectivity index (χ1v) is 5.75. The number of ether oxygens (including phenoxy) is 1. The Labute approximate surface area is 117 Å². The molecule has 21 heavy (non-hydrogen) atoms. The van der Waals surface area contributed by atoms with Crippen molar-refractivity contribution in [2.45, 2.75) is 0 Å². The topological polar surface area (TPSA) is 58.6 Å². The molecule has 0 amide bonds. The number of carboxylic acid groups (broad SMARTS) is 1. The quantitative estimate of drug-likeness (QED) is 0.906. The van der Waals surface area contributed by atoms with E-state index in [2.05, 4.69) is 5.32 Å². The summed E-state index contributed by atoms with van der Waals surface area (Å²) < 4.78 is 46.0. The molecule has 0 heterocycles. The van der Waals surface area contributed by atoms with Crippen LogP contribution < -0.4 is 10.1 Å². The SMILES string of the molecule is COc1ccc(F)c(Nc2c(F)cc(C(=O)O)cc2F)c1. The molecule has 110 valence electrons. The zero-order chi connectivity index (χ0) is 15.6. The molecule has 0 bridgehead atoms. The van der Waals surface area contributed by atoms with E-state index >= 15 is 0 Å². The molecule has 2 rings (SSSR count). The first-order chi connectivity index (χ1) is 9.92. The third kappa shape index (κ3) is 3.07. The van der Waals surface area contributed by atoms with Crippen molar-refractivity contribution in [3.05, 3.63) is 53.3 Å². The highest BCUT2D eigenvalue weighted by Crippen LogP contribution is 2.28. The monoisotopic (exact) mass is 297 g/mol. The van der Waals surface area contributed by atoms with Crippen LogP contribution in [-0.2, 0) is 0 Å². The van der Waals surface area contributed by atoms with Crippen LogP contribution in [0, 0.1) is 17.5 Å². The molecule has 0 aliphatic carbocycles. The van der Waals surface area contributed by atoms with E-state index in [1.54, 1.807) is 0 Å². The third-order valence-electron chi connectivity index (χ3n) is 2.72. The van der Waals surface area contributed by atoms with Crippen LogP contribution in [0.25, 0.3) is 0 Å². The Morgan fingerprint density at radius 2 is 1.71 bits per heavy atom. The van der Waals surface area contributed by atoms with Gasteiger partial charge in [-0.1, -0.05) is 0 Å². The van der Waals surface area contributed by atoms with Gasteiger partial charge < -0.3 is 15.2 Å². The number of hydrogen-bond donors (Lipinski definition) is 2. The summed E-state index contributed by atoms with van der Waals surface area (Å²) >= 11 is 0. The summed E-state index contributed by atoms with van der Waals surface area (Å²) in [6, 6.07) is 4.93. The van der Waals surface area contributed by atoms with E-state index < -0.39 is 34.7 Å². The molecule has 0 spiro atoms. The van der Waals surface area contributed by atoms with Crippen LogP contribution in [-0.4, -0.2) is 18.2 Å². The highest BCUT2D eigenvalue weighted by Gasteiger charge is 2.16. The van der Waals surface area contributed by atoms with Crippen LogP contribution in [0.2, 0.25) is 0 Å². The van der Waals surface area contributed by atoms with Crippen molar-refractivity contribution < 1.29 is 27.8 Å². The average molecular weight is 297 g/mol. The summed E-state index contributed by atoms with van der Waals surface area (Å²) in [5.41, 5.74) is -1.39. The number of methoxy groups -OCH3 is 1. The second-order valence-corrected chi connectivity index (χ2v) is 4.09. The summed E-state index contributed by atoms with van der Waals surface area (Å²) in [7, 11) is 1.36. The van der Waals surface area contributed by atoms with Crippen LogP contribution in [0.4, 0.5) is 24.5 Å². The van der Waals surface area contributed by atoms with Crippen LogP contribution in [0.15, 0.2) is 30.3 Å². The largest absolute Gasteiger partial charge is 0.497 e. The van der Waals surface area contributed by atoms with Gasteiger partial charge in [-0.2, -0.15) is 0 Å². The molecule has 0 saturated heterocycles. The van der Waals surface area contributed by atoms with E-state index in [-0.39, 0.29) is 5.69 Å². The van der Waals surface area contributed by atoms with Crippen molar-refractivity contribution in [3.8, 4) is 5.75 Å². The van der Waals surface area contributed by atoms with Gasteiger partial charge in [-0.3, -0.25) is 0 Å². The van der Waals surface area contributed by atoms with Crippen molar-refractivity contribution in [3.63, 3.8) is 0 Å². The maximum absolute atomic E-state index is 13.8. The molecule has 0 aliphatic heterocycles. The molecule has 7 heteroatoms. The van der Waals surface area contributed by atoms with Crippen molar-refractivity contribution in [2.75, 3.05) is 12.4 Å². The Kier molecular flexibility index (Phi) is 4.02. The highest BCUT2D eigenvalue weighted by molar-refractivity contribution is 5.88. The number of anilines is 2. The minimum absolute atomic E-state index is 0.199. The van der Waals surface area contributed by atoms with Gasteiger partial charge in [0.1, 0.15) is 17.3 Å². The molecule has 0 fully saturated rings. The minimum atomic E-state index is -1.47. The summed E-state index contributed by atoms with van der Waals surface area (Å²) in [5.74, 6) is -4.20. The number of benzene rings is 2. The first-order valence-electron chi connectivity index (χ1n) is 5.75. The molecule has 2 aromatic rings. The normalized spacial score (nSPS) is 10.3. The third-order valence-corrected chi connectivity index (χ3v) is 2.72. The van der Waals surface area contributed by atoms with Gasteiger partial charge >= 0.3 is 5.97 Å². The van der Waals surface area contributed by atoms with E-state index in [4.69, 9.17) is 9.84 Å². The second kappa shape index (κ2) is 5.74. The van der Waals surface area contributed by atoms with Crippen molar-refractivity contribution >= 4 is 17.3 Å². The zero-order valence-corrected chi connectivity index (χ0v) is 10.8. The van der Waals surface area contributed by atoms with Gasteiger partial charge in [0.15, 0.2) is 11.6 Å². The van der Waals surface area contributed by atoms with E-state index in [0.717, 1.165) is 6.07 Å². The van der Waals surface area contributed by atoms with Gasteiger partial charge in [0.05, 0.1) is 18.4 Å². The number of nitrogens with one attached hydrogen (secondary N) is 1. The highest BCUT2D eigenvalue weighted by atomic mass is 19.1. The lowest BCUT2D eigenvalue weighted by molar-refractivity contribution is 0.0696. The number of carboxylic acids is 1. The Balaban J connectivity index is 2.42. The molecular weight excluding hydrogens is 287 g/mol. The van der Waals surface area contributed by atoms with E-state index in [1.807, 2.05) is 0 Å². The standard InChI is InChI=1S/C14H10F3NO3/c1-21-8-2-3-9(15)12(6-8)18-13-10(16)4-7(14(19)20)5-11(13)17/h2-6,18H,1H3,(H,19,20). The van der Waals surface area contributed by atoms with Crippen LogP contribution in [0.5, 0.6) is 5.75 Å². The molecule has 2 aromatic carbocycles. The second-order valence-electron chi connectivity index (χ2n) is 4.09. The fourth-order valence-electron chi connectivity index (χ4n) is 1.68. The van der Waals surface area contributed by atoms with Crippen molar-refractivity contribution in [1.29, 1.82) is 0 Å². The molecule has 4 nitrogen and oxygen atoms in total. The van der Waals surface area contributed by atoms with Gasteiger partial charge in [-0.25, -0.2) is 18.0 Å². The van der Waals surface area contributed by atoms with Crippen molar-refractivity contribution in [1.82, 2.24) is 0 Å². The molecular formula is C14H10F3NO3. The van der Waals surface area contributed by atoms with Gasteiger partial charge in [-0.15, -0.1) is 0 Å². The lowest BCUT2D eigenvalue weighted by Crippen LogP contribution is -2.04. The Morgan fingerprint density at radius 1 is 1.10 bits per heavy atom. The molecule has 0 unspecified atom stereocenters. The van der Waals surface area contributed by atoms with E-state index in [9.17, 15) is 18.0 Å². The lowest BCUT2D eigenvalue weighted by atomic mass is 10.1. The molecule has 0 aromatic heterocycles. The smallest absolute Gasteiger partial charge is 0.335 e. The Bertz CT molecular complexity index is 681. The number of rotatable bonds is 4. The maximum atomic E-state index is 13.8. The van der Waals surface area contributed by atoms with Gasteiger partial charge in [0.25, 0.3) is 0 Å².